The summed E-state index contributed by atoms with van der Waals surface area (Å²) in [6.45, 7) is 7.33. The highest BCUT2D eigenvalue weighted by atomic mass is 32.2. The predicted molar refractivity (Wildman–Crippen MR) is 94.7 cm³/mol. The highest BCUT2D eigenvalue weighted by Gasteiger charge is 2.18. The van der Waals surface area contributed by atoms with Crippen molar-refractivity contribution < 1.29 is 14.3 Å². The van der Waals surface area contributed by atoms with Gasteiger partial charge < -0.3 is 14.5 Å². The molecule has 0 N–H and O–H groups in total. The molecule has 0 atom stereocenters. The lowest BCUT2D eigenvalue weighted by Crippen LogP contribution is -2.41. The first-order valence-electron chi connectivity index (χ1n) is 7.55. The van der Waals surface area contributed by atoms with E-state index in [0.717, 1.165) is 4.88 Å². The lowest BCUT2D eigenvalue weighted by Gasteiger charge is -2.26. The number of ether oxygens (including phenoxy) is 1. The summed E-state index contributed by atoms with van der Waals surface area (Å²) in [4.78, 5) is 29.1. The van der Waals surface area contributed by atoms with Gasteiger partial charge in [-0.2, -0.15) is 0 Å². The predicted octanol–water partition coefficient (Wildman–Crippen LogP) is 1.85. The molecule has 0 spiro atoms. The highest BCUT2D eigenvalue weighted by Crippen LogP contribution is 2.14. The van der Waals surface area contributed by atoms with Gasteiger partial charge in [0.1, 0.15) is 0 Å². The first kappa shape index (κ1) is 18.0. The Morgan fingerprint density at radius 2 is 2.17 bits per heavy atom. The van der Waals surface area contributed by atoms with Crippen molar-refractivity contribution >= 4 is 34.9 Å². The Bertz CT molecular complexity index is 513. The number of rotatable bonds is 8. The third-order valence-corrected chi connectivity index (χ3v) is 5.21. The molecule has 7 heteroatoms. The van der Waals surface area contributed by atoms with Crippen molar-refractivity contribution in [3.8, 4) is 0 Å². The van der Waals surface area contributed by atoms with Gasteiger partial charge in [0.2, 0.25) is 11.8 Å². The number of hydrogen-bond acceptors (Lipinski definition) is 5. The van der Waals surface area contributed by atoms with E-state index in [1.165, 1.54) is 11.8 Å². The molecule has 1 aliphatic rings. The molecule has 2 amide bonds. The number of hydrogen-bond donors (Lipinski definition) is 0. The Morgan fingerprint density at radius 1 is 1.39 bits per heavy atom. The maximum atomic E-state index is 12.3. The van der Waals surface area contributed by atoms with Gasteiger partial charge in [0.05, 0.1) is 31.3 Å². The van der Waals surface area contributed by atoms with Gasteiger partial charge in [0, 0.05) is 24.5 Å². The molecule has 1 saturated heterocycles. The first-order chi connectivity index (χ1) is 11.2. The van der Waals surface area contributed by atoms with E-state index in [2.05, 4.69) is 6.58 Å². The largest absolute Gasteiger partial charge is 0.378 e. The van der Waals surface area contributed by atoms with E-state index >= 15 is 0 Å². The third-order valence-electron chi connectivity index (χ3n) is 3.44. The Labute approximate surface area is 145 Å². The maximum Gasteiger partial charge on any atom is 0.233 e. The number of carbonyl (C=O) groups excluding carboxylic acids is 2. The van der Waals surface area contributed by atoms with Crippen LogP contribution in [0.5, 0.6) is 0 Å². The minimum atomic E-state index is 0.0399. The monoisotopic (exact) mass is 354 g/mol. The molecular formula is C16H22N2O3S2. The summed E-state index contributed by atoms with van der Waals surface area (Å²) < 4.78 is 5.23. The van der Waals surface area contributed by atoms with E-state index < -0.39 is 0 Å². The Morgan fingerprint density at radius 3 is 2.83 bits per heavy atom. The van der Waals surface area contributed by atoms with Crippen LogP contribution in [0.15, 0.2) is 30.2 Å². The van der Waals surface area contributed by atoms with Crippen molar-refractivity contribution in [3.05, 3.63) is 35.0 Å². The summed E-state index contributed by atoms with van der Waals surface area (Å²) in [6, 6.07) is 4.00. The number of amides is 2. The molecule has 23 heavy (non-hydrogen) atoms. The van der Waals surface area contributed by atoms with Crippen LogP contribution in [-0.2, 0) is 20.9 Å². The van der Waals surface area contributed by atoms with Crippen LogP contribution in [0.3, 0.4) is 0 Å². The Hall–Kier alpha value is -1.31. The second-order valence-corrected chi connectivity index (χ2v) is 7.15. The van der Waals surface area contributed by atoms with Crippen LogP contribution in [-0.4, -0.2) is 66.0 Å². The third kappa shape index (κ3) is 6.01. The van der Waals surface area contributed by atoms with E-state index in [4.69, 9.17) is 4.74 Å². The zero-order valence-corrected chi connectivity index (χ0v) is 14.7. The van der Waals surface area contributed by atoms with Crippen LogP contribution in [0.25, 0.3) is 0 Å². The summed E-state index contributed by atoms with van der Waals surface area (Å²) in [5, 5.41) is 2.00. The molecule has 0 unspecified atom stereocenters. The van der Waals surface area contributed by atoms with Gasteiger partial charge in [-0.05, 0) is 11.4 Å². The van der Waals surface area contributed by atoms with Crippen molar-refractivity contribution in [2.45, 2.75) is 6.54 Å². The van der Waals surface area contributed by atoms with Crippen LogP contribution < -0.4 is 0 Å². The van der Waals surface area contributed by atoms with Crippen LogP contribution in [0, 0.1) is 0 Å². The van der Waals surface area contributed by atoms with Crippen molar-refractivity contribution in [2.75, 3.05) is 44.4 Å². The molecule has 1 aromatic rings. The van der Waals surface area contributed by atoms with E-state index in [-0.39, 0.29) is 11.8 Å². The molecule has 0 aromatic carbocycles. The van der Waals surface area contributed by atoms with E-state index in [1.54, 1.807) is 27.2 Å². The minimum Gasteiger partial charge on any atom is -0.378 e. The molecule has 0 saturated carbocycles. The Kier molecular flexibility index (Phi) is 7.64. The van der Waals surface area contributed by atoms with E-state index in [9.17, 15) is 9.59 Å². The number of morpholine rings is 1. The molecule has 0 bridgehead atoms. The van der Waals surface area contributed by atoms with Gasteiger partial charge in [-0.25, -0.2) is 0 Å². The van der Waals surface area contributed by atoms with Gasteiger partial charge in [0.15, 0.2) is 0 Å². The second-order valence-electron chi connectivity index (χ2n) is 5.13. The molecule has 126 valence electrons. The number of thiophene rings is 1. The van der Waals surface area contributed by atoms with Gasteiger partial charge in [0.25, 0.3) is 0 Å². The molecule has 0 radical (unpaired) electrons. The summed E-state index contributed by atoms with van der Waals surface area (Å²) in [5.74, 6) is 0.778. The fourth-order valence-corrected chi connectivity index (χ4v) is 3.76. The molecule has 2 heterocycles. The molecule has 1 fully saturated rings. The molecule has 1 aromatic heterocycles. The normalized spacial score (nSPS) is 14.5. The summed E-state index contributed by atoms with van der Waals surface area (Å²) in [5.41, 5.74) is 0. The SMILES string of the molecule is C=CCN(Cc1cccs1)C(=O)CSCC(=O)N1CCOCC1. The maximum absolute atomic E-state index is 12.3. The van der Waals surface area contributed by atoms with Crippen molar-refractivity contribution in [3.63, 3.8) is 0 Å². The van der Waals surface area contributed by atoms with Gasteiger partial charge in [-0.15, -0.1) is 29.7 Å². The fourth-order valence-electron chi connectivity index (χ4n) is 2.22. The fraction of sp³-hybridized carbons (Fsp3) is 0.500. The number of carbonyl (C=O) groups is 2. The van der Waals surface area contributed by atoms with Crippen LogP contribution >= 0.6 is 23.1 Å². The zero-order chi connectivity index (χ0) is 16.5. The number of nitrogens with zero attached hydrogens (tertiary/aromatic N) is 2. The standard InChI is InChI=1S/C16H22N2O3S2/c1-2-5-18(11-14-4-3-10-23-14)16(20)13-22-12-15(19)17-6-8-21-9-7-17/h2-4,10H,1,5-9,11-13H2. The number of thioether (sulfide) groups is 1. The summed E-state index contributed by atoms with van der Waals surface area (Å²) >= 11 is 3.01. The van der Waals surface area contributed by atoms with Gasteiger partial charge in [-0.3, -0.25) is 9.59 Å². The van der Waals surface area contributed by atoms with Crippen LogP contribution in [0.4, 0.5) is 0 Å². The minimum absolute atomic E-state index is 0.0399. The van der Waals surface area contributed by atoms with Crippen LogP contribution in [0.2, 0.25) is 0 Å². The van der Waals surface area contributed by atoms with Crippen LogP contribution in [0.1, 0.15) is 4.88 Å². The molecule has 2 rings (SSSR count). The molecule has 1 aliphatic heterocycles. The smallest absolute Gasteiger partial charge is 0.233 e. The van der Waals surface area contributed by atoms with Crippen molar-refractivity contribution in [1.29, 1.82) is 0 Å². The topological polar surface area (TPSA) is 49.9 Å². The van der Waals surface area contributed by atoms with E-state index in [1.807, 2.05) is 17.5 Å². The van der Waals surface area contributed by atoms with Gasteiger partial charge >= 0.3 is 0 Å². The molecule has 5 nitrogen and oxygen atoms in total. The molecule has 0 aliphatic carbocycles. The Balaban J connectivity index is 1.74. The zero-order valence-electron chi connectivity index (χ0n) is 13.1. The second kappa shape index (κ2) is 9.75. The summed E-state index contributed by atoms with van der Waals surface area (Å²) in [6.07, 6.45) is 1.73. The van der Waals surface area contributed by atoms with Gasteiger partial charge in [-0.1, -0.05) is 12.1 Å². The lowest BCUT2D eigenvalue weighted by atomic mass is 10.4. The van der Waals surface area contributed by atoms with E-state index in [0.29, 0.717) is 50.9 Å². The average Bonchev–Trinajstić information content (AvgIpc) is 3.08. The first-order valence-corrected chi connectivity index (χ1v) is 9.58. The summed E-state index contributed by atoms with van der Waals surface area (Å²) in [7, 11) is 0. The van der Waals surface area contributed by atoms with Crippen molar-refractivity contribution in [1.82, 2.24) is 9.80 Å². The van der Waals surface area contributed by atoms with Crippen molar-refractivity contribution in [2.24, 2.45) is 0 Å². The lowest BCUT2D eigenvalue weighted by molar-refractivity contribution is -0.132. The molecular weight excluding hydrogens is 332 g/mol. The highest BCUT2D eigenvalue weighted by molar-refractivity contribution is 8.00. The quantitative estimate of drug-likeness (QED) is 0.669. The average molecular weight is 354 g/mol.